The number of nitrogens with zero attached hydrogens (tertiary/aromatic N) is 4. The summed E-state index contributed by atoms with van der Waals surface area (Å²) < 4.78 is 0. The lowest BCUT2D eigenvalue weighted by atomic mass is 10.1. The number of hydrogen-bond donors (Lipinski definition) is 1. The van der Waals surface area contributed by atoms with Gasteiger partial charge in [-0.15, -0.1) is 11.3 Å². The molecule has 4 rings (SSSR count). The molecule has 0 aromatic carbocycles. The zero-order valence-corrected chi connectivity index (χ0v) is 12.5. The molecule has 20 heavy (non-hydrogen) atoms. The second-order valence-electron chi connectivity index (χ2n) is 5.54. The van der Waals surface area contributed by atoms with Crippen LogP contribution in [0.3, 0.4) is 0 Å². The molecule has 0 radical (unpaired) electrons. The summed E-state index contributed by atoms with van der Waals surface area (Å²) in [4.78, 5) is 15.4. The van der Waals surface area contributed by atoms with Crippen molar-refractivity contribution >= 4 is 33.3 Å². The molecule has 1 unspecified atom stereocenters. The van der Waals surface area contributed by atoms with Crippen LogP contribution in [-0.2, 0) is 0 Å². The quantitative estimate of drug-likeness (QED) is 0.916. The highest BCUT2D eigenvalue weighted by Gasteiger charge is 2.31. The summed E-state index contributed by atoms with van der Waals surface area (Å²) in [6.45, 7) is 4.61. The van der Waals surface area contributed by atoms with Gasteiger partial charge in [0, 0.05) is 32.7 Å². The standard InChI is InChI=1S/C14H19N5S/c1-15-14-16-12(11-4-8-20-13(11)17-14)19-7-6-18-5-2-3-10(18)9-19/h4,8,10H,2-3,5-7,9H2,1H3,(H,15,16,17). The van der Waals surface area contributed by atoms with Crippen molar-refractivity contribution in [3.63, 3.8) is 0 Å². The lowest BCUT2D eigenvalue weighted by molar-refractivity contribution is 0.230. The van der Waals surface area contributed by atoms with Gasteiger partial charge in [-0.25, -0.2) is 4.98 Å². The molecule has 2 aromatic rings. The monoisotopic (exact) mass is 289 g/mol. The van der Waals surface area contributed by atoms with Crippen molar-refractivity contribution in [3.8, 4) is 0 Å². The van der Waals surface area contributed by atoms with E-state index >= 15 is 0 Å². The van der Waals surface area contributed by atoms with Crippen LogP contribution >= 0.6 is 11.3 Å². The minimum atomic E-state index is 0.713. The van der Waals surface area contributed by atoms with Crippen LogP contribution in [0.25, 0.3) is 10.2 Å². The Bertz CT molecular complexity index is 625. The molecular formula is C14H19N5S. The van der Waals surface area contributed by atoms with E-state index in [0.717, 1.165) is 36.2 Å². The van der Waals surface area contributed by atoms with Crippen molar-refractivity contribution in [1.82, 2.24) is 14.9 Å². The summed E-state index contributed by atoms with van der Waals surface area (Å²) in [6.07, 6.45) is 2.67. The summed E-state index contributed by atoms with van der Waals surface area (Å²) in [5.41, 5.74) is 0. The zero-order valence-electron chi connectivity index (χ0n) is 11.7. The molecule has 0 aliphatic carbocycles. The third-order valence-electron chi connectivity index (χ3n) is 4.42. The van der Waals surface area contributed by atoms with Crippen molar-refractivity contribution in [2.24, 2.45) is 0 Å². The van der Waals surface area contributed by atoms with E-state index in [-0.39, 0.29) is 0 Å². The van der Waals surface area contributed by atoms with Crippen molar-refractivity contribution in [2.75, 3.05) is 43.4 Å². The van der Waals surface area contributed by atoms with E-state index in [4.69, 9.17) is 4.98 Å². The minimum absolute atomic E-state index is 0.713. The van der Waals surface area contributed by atoms with Gasteiger partial charge >= 0.3 is 0 Å². The topological polar surface area (TPSA) is 44.3 Å². The molecule has 0 spiro atoms. The highest BCUT2D eigenvalue weighted by Crippen LogP contribution is 2.31. The molecule has 2 fully saturated rings. The maximum Gasteiger partial charge on any atom is 0.225 e. The van der Waals surface area contributed by atoms with Crippen molar-refractivity contribution in [2.45, 2.75) is 18.9 Å². The minimum Gasteiger partial charge on any atom is -0.357 e. The second-order valence-corrected chi connectivity index (χ2v) is 6.43. The molecule has 0 saturated carbocycles. The number of rotatable bonds is 2. The number of nitrogens with one attached hydrogen (secondary N) is 1. The van der Waals surface area contributed by atoms with E-state index in [9.17, 15) is 0 Å². The van der Waals surface area contributed by atoms with Gasteiger partial charge in [-0.1, -0.05) is 0 Å². The molecule has 106 valence electrons. The summed E-state index contributed by atoms with van der Waals surface area (Å²) in [6, 6.07) is 2.86. The number of hydrogen-bond acceptors (Lipinski definition) is 6. The van der Waals surface area contributed by atoms with E-state index in [1.807, 2.05) is 7.05 Å². The van der Waals surface area contributed by atoms with Crippen molar-refractivity contribution in [3.05, 3.63) is 11.4 Å². The van der Waals surface area contributed by atoms with E-state index in [0.29, 0.717) is 6.04 Å². The van der Waals surface area contributed by atoms with Gasteiger partial charge in [-0.05, 0) is 30.8 Å². The summed E-state index contributed by atoms with van der Waals surface area (Å²) in [5, 5.41) is 6.38. The fourth-order valence-corrected chi connectivity index (χ4v) is 4.13. The van der Waals surface area contributed by atoms with Crippen LogP contribution in [0, 0.1) is 0 Å². The number of thiophene rings is 1. The number of aromatic nitrogens is 2. The third kappa shape index (κ3) is 1.94. The molecule has 1 N–H and O–H groups in total. The summed E-state index contributed by atoms with van der Waals surface area (Å²) in [5.74, 6) is 1.83. The average molecular weight is 289 g/mol. The smallest absolute Gasteiger partial charge is 0.225 e. The molecule has 1 atom stereocenters. The largest absolute Gasteiger partial charge is 0.357 e. The maximum absolute atomic E-state index is 4.72. The van der Waals surface area contributed by atoms with Crippen LogP contribution in [-0.4, -0.2) is 54.1 Å². The van der Waals surface area contributed by atoms with Crippen molar-refractivity contribution < 1.29 is 0 Å². The second kappa shape index (κ2) is 4.86. The number of anilines is 2. The van der Waals surface area contributed by atoms with Gasteiger partial charge in [-0.2, -0.15) is 4.98 Å². The van der Waals surface area contributed by atoms with Gasteiger partial charge in [0.25, 0.3) is 0 Å². The van der Waals surface area contributed by atoms with E-state index in [2.05, 4.69) is 31.5 Å². The molecular weight excluding hydrogens is 270 g/mol. The number of fused-ring (bicyclic) bond motifs is 2. The molecule has 4 heterocycles. The van der Waals surface area contributed by atoms with Gasteiger partial charge in [0.2, 0.25) is 5.95 Å². The fraction of sp³-hybridized carbons (Fsp3) is 0.571. The van der Waals surface area contributed by atoms with Crippen LogP contribution in [0.1, 0.15) is 12.8 Å². The van der Waals surface area contributed by atoms with Crippen LogP contribution in [0.4, 0.5) is 11.8 Å². The lowest BCUT2D eigenvalue weighted by Crippen LogP contribution is -2.50. The molecule has 2 aliphatic rings. The molecule has 2 aromatic heterocycles. The maximum atomic E-state index is 4.72. The molecule has 2 aliphatic heterocycles. The van der Waals surface area contributed by atoms with Crippen LogP contribution in [0.5, 0.6) is 0 Å². The summed E-state index contributed by atoms with van der Waals surface area (Å²) in [7, 11) is 1.88. The Balaban J connectivity index is 1.72. The van der Waals surface area contributed by atoms with Crippen LogP contribution in [0.15, 0.2) is 11.4 Å². The Morgan fingerprint density at radius 1 is 1.30 bits per heavy atom. The van der Waals surface area contributed by atoms with Gasteiger partial charge in [0.1, 0.15) is 10.6 Å². The van der Waals surface area contributed by atoms with Gasteiger partial charge in [0.05, 0.1) is 5.39 Å². The van der Waals surface area contributed by atoms with Gasteiger partial charge in [0.15, 0.2) is 0 Å². The average Bonchev–Trinajstić information content (AvgIpc) is 3.13. The Morgan fingerprint density at radius 2 is 2.25 bits per heavy atom. The van der Waals surface area contributed by atoms with Gasteiger partial charge in [-0.3, -0.25) is 4.90 Å². The molecule has 2 saturated heterocycles. The van der Waals surface area contributed by atoms with Crippen molar-refractivity contribution in [1.29, 1.82) is 0 Å². The predicted octanol–water partition coefficient (Wildman–Crippen LogP) is 2.02. The first-order valence-electron chi connectivity index (χ1n) is 7.27. The van der Waals surface area contributed by atoms with Crippen LogP contribution in [0.2, 0.25) is 0 Å². The van der Waals surface area contributed by atoms with Crippen LogP contribution < -0.4 is 10.2 Å². The fourth-order valence-electron chi connectivity index (χ4n) is 3.38. The summed E-state index contributed by atoms with van der Waals surface area (Å²) >= 11 is 1.69. The zero-order chi connectivity index (χ0) is 13.5. The normalized spacial score (nSPS) is 23.2. The number of piperazine rings is 1. The highest BCUT2D eigenvalue weighted by molar-refractivity contribution is 7.16. The Labute approximate surface area is 122 Å². The Morgan fingerprint density at radius 3 is 3.15 bits per heavy atom. The van der Waals surface area contributed by atoms with E-state index in [1.165, 1.54) is 24.8 Å². The lowest BCUT2D eigenvalue weighted by Gasteiger charge is -2.38. The first-order chi connectivity index (χ1) is 9.85. The Hall–Kier alpha value is -1.40. The van der Waals surface area contributed by atoms with Gasteiger partial charge < -0.3 is 10.2 Å². The SMILES string of the molecule is CNc1nc(N2CCN3CCCC3C2)c2ccsc2n1. The first kappa shape index (κ1) is 12.3. The third-order valence-corrected chi connectivity index (χ3v) is 5.22. The molecule has 0 amide bonds. The van der Waals surface area contributed by atoms with E-state index in [1.54, 1.807) is 11.3 Å². The predicted molar refractivity (Wildman–Crippen MR) is 83.8 cm³/mol. The first-order valence-corrected chi connectivity index (χ1v) is 8.15. The highest BCUT2D eigenvalue weighted by atomic mass is 32.1. The molecule has 5 nitrogen and oxygen atoms in total. The molecule has 6 heteroatoms. The Kier molecular flexibility index (Phi) is 3.00. The van der Waals surface area contributed by atoms with E-state index < -0.39 is 0 Å². The molecule has 0 bridgehead atoms.